The van der Waals surface area contributed by atoms with Gasteiger partial charge >= 0.3 is 13.2 Å². The molecule has 1 aromatic heterocycles. The van der Waals surface area contributed by atoms with E-state index in [0.717, 1.165) is 59.7 Å². The lowest BCUT2D eigenvalue weighted by atomic mass is 9.78. The number of benzene rings is 2. The first kappa shape index (κ1) is 22.9. The first-order valence-electron chi connectivity index (χ1n) is 12.1. The molecule has 2 heterocycles. The molecule has 2 fully saturated rings. The first-order chi connectivity index (χ1) is 16.1. The molecule has 34 heavy (non-hydrogen) atoms. The summed E-state index contributed by atoms with van der Waals surface area (Å²) in [5.74, 6) is 0.706. The van der Waals surface area contributed by atoms with Crippen LogP contribution in [0.3, 0.4) is 0 Å². The number of H-pyrrole nitrogens is 1. The van der Waals surface area contributed by atoms with Crippen molar-refractivity contribution in [1.82, 2.24) is 15.3 Å². The number of nitrogens with one attached hydrogen (secondary N) is 2. The molecule has 0 unspecified atom stereocenters. The Bertz CT molecular complexity index is 1200. The zero-order valence-corrected chi connectivity index (χ0v) is 20.3. The molecule has 0 spiro atoms. The second kappa shape index (κ2) is 8.13. The van der Waals surface area contributed by atoms with Crippen LogP contribution in [0.2, 0.25) is 0 Å². The first-order valence-corrected chi connectivity index (χ1v) is 12.1. The summed E-state index contributed by atoms with van der Waals surface area (Å²) >= 11 is 0. The Hall–Kier alpha value is -2.84. The van der Waals surface area contributed by atoms with Crippen molar-refractivity contribution in [2.24, 2.45) is 0 Å². The Kier molecular flexibility index (Phi) is 5.49. The fourth-order valence-electron chi connectivity index (χ4n) is 5.01. The molecule has 7 nitrogen and oxygen atoms in total. The molecule has 178 valence electrons. The van der Waals surface area contributed by atoms with E-state index >= 15 is 0 Å². The van der Waals surface area contributed by atoms with Crippen LogP contribution in [-0.4, -0.2) is 39.5 Å². The number of carbonyl (C=O) groups is 1. The average Bonchev–Trinajstić information content (AvgIpc) is 3.31. The highest BCUT2D eigenvalue weighted by molar-refractivity contribution is 6.62. The molecule has 2 aliphatic rings. The van der Waals surface area contributed by atoms with Crippen molar-refractivity contribution in [3.05, 3.63) is 48.3 Å². The van der Waals surface area contributed by atoms with Gasteiger partial charge in [-0.05, 0) is 69.3 Å². The number of fused-ring (bicyclic) bond motifs is 1. The predicted octanol–water partition coefficient (Wildman–Crippen LogP) is 4.96. The van der Waals surface area contributed by atoms with Crippen LogP contribution in [0, 0.1) is 0 Å². The Morgan fingerprint density at radius 3 is 2.21 bits per heavy atom. The lowest BCUT2D eigenvalue weighted by molar-refractivity contribution is 0.00578. The maximum atomic E-state index is 11.5. The standard InChI is InChI=1S/C26H32BN3O4/c1-24(2)25(3,4)34-27(33-24)19-11-8-17(9-12-19)18-10-13-20-21(16-18)29-22(28-20)26(30-23(31)32)14-6-5-7-15-26/h8-13,16,30H,5-7,14-15H2,1-4H3,(H,28,29)(H,31,32). The van der Waals surface area contributed by atoms with Crippen molar-refractivity contribution >= 4 is 29.7 Å². The van der Waals surface area contributed by atoms with Crippen molar-refractivity contribution in [2.75, 3.05) is 0 Å². The van der Waals surface area contributed by atoms with E-state index in [-0.39, 0.29) is 18.3 Å². The van der Waals surface area contributed by atoms with Gasteiger partial charge in [-0.2, -0.15) is 0 Å². The Balaban J connectivity index is 1.41. The molecule has 2 aromatic carbocycles. The van der Waals surface area contributed by atoms with Gasteiger partial charge in [0, 0.05) is 0 Å². The lowest BCUT2D eigenvalue weighted by Gasteiger charge is -2.35. The third-order valence-electron chi connectivity index (χ3n) is 7.76. The Morgan fingerprint density at radius 2 is 1.59 bits per heavy atom. The molecule has 0 radical (unpaired) electrons. The molecule has 1 saturated carbocycles. The second-order valence-electron chi connectivity index (χ2n) is 10.6. The van der Waals surface area contributed by atoms with E-state index in [1.807, 2.05) is 18.2 Å². The minimum atomic E-state index is -1.01. The summed E-state index contributed by atoms with van der Waals surface area (Å²) in [5.41, 5.74) is 3.49. The number of aromatic amines is 1. The summed E-state index contributed by atoms with van der Waals surface area (Å²) in [5, 5.41) is 12.2. The van der Waals surface area contributed by atoms with Gasteiger partial charge in [-0.1, -0.05) is 49.6 Å². The van der Waals surface area contributed by atoms with Crippen LogP contribution in [0.25, 0.3) is 22.2 Å². The number of imidazole rings is 1. The number of carboxylic acid groups (broad SMARTS) is 1. The van der Waals surface area contributed by atoms with Crippen molar-refractivity contribution in [2.45, 2.75) is 76.5 Å². The molecule has 1 aliphatic carbocycles. The van der Waals surface area contributed by atoms with Gasteiger partial charge in [-0.25, -0.2) is 9.78 Å². The molecule has 1 amide bonds. The van der Waals surface area contributed by atoms with E-state index in [2.05, 4.69) is 62.3 Å². The highest BCUT2D eigenvalue weighted by atomic mass is 16.7. The Morgan fingerprint density at radius 1 is 0.971 bits per heavy atom. The zero-order valence-electron chi connectivity index (χ0n) is 20.3. The summed E-state index contributed by atoms with van der Waals surface area (Å²) in [4.78, 5) is 19.7. The van der Waals surface area contributed by atoms with Crippen LogP contribution in [0.4, 0.5) is 4.79 Å². The van der Waals surface area contributed by atoms with Gasteiger partial charge in [0.2, 0.25) is 0 Å². The number of hydrogen-bond acceptors (Lipinski definition) is 4. The monoisotopic (exact) mass is 461 g/mol. The van der Waals surface area contributed by atoms with Crippen LogP contribution < -0.4 is 10.8 Å². The number of hydrogen-bond donors (Lipinski definition) is 3. The van der Waals surface area contributed by atoms with Gasteiger partial charge < -0.3 is 24.7 Å². The summed E-state index contributed by atoms with van der Waals surface area (Å²) in [6, 6.07) is 14.4. The summed E-state index contributed by atoms with van der Waals surface area (Å²) in [6.07, 6.45) is 3.59. The van der Waals surface area contributed by atoms with Crippen molar-refractivity contribution in [1.29, 1.82) is 0 Å². The normalized spacial score (nSPS) is 21.0. The number of rotatable bonds is 4. The maximum Gasteiger partial charge on any atom is 0.494 e. The van der Waals surface area contributed by atoms with Gasteiger partial charge in [0.05, 0.1) is 22.2 Å². The highest BCUT2D eigenvalue weighted by Gasteiger charge is 2.51. The van der Waals surface area contributed by atoms with Gasteiger partial charge in [0.25, 0.3) is 0 Å². The minimum absolute atomic E-state index is 0.370. The summed E-state index contributed by atoms with van der Waals surface area (Å²) in [7, 11) is -0.384. The van der Waals surface area contributed by atoms with Gasteiger partial charge in [0.15, 0.2) is 0 Å². The van der Waals surface area contributed by atoms with E-state index < -0.39 is 11.6 Å². The molecule has 8 heteroatoms. The molecule has 1 aliphatic heterocycles. The lowest BCUT2D eigenvalue weighted by Crippen LogP contribution is -2.47. The van der Waals surface area contributed by atoms with Gasteiger partial charge in [-0.3, -0.25) is 0 Å². The Labute approximate surface area is 200 Å². The van der Waals surface area contributed by atoms with Crippen LogP contribution in [0.5, 0.6) is 0 Å². The van der Waals surface area contributed by atoms with E-state index in [4.69, 9.17) is 14.3 Å². The smallest absolute Gasteiger partial charge is 0.465 e. The molecular formula is C26H32BN3O4. The van der Waals surface area contributed by atoms with E-state index in [0.29, 0.717) is 5.82 Å². The topological polar surface area (TPSA) is 96.5 Å². The van der Waals surface area contributed by atoms with Crippen LogP contribution in [-0.2, 0) is 14.8 Å². The van der Waals surface area contributed by atoms with E-state index in [1.165, 1.54) is 0 Å². The highest BCUT2D eigenvalue weighted by Crippen LogP contribution is 2.38. The molecule has 1 saturated heterocycles. The third-order valence-corrected chi connectivity index (χ3v) is 7.76. The zero-order chi connectivity index (χ0) is 24.1. The second-order valence-corrected chi connectivity index (χ2v) is 10.6. The molecule has 0 bridgehead atoms. The third kappa shape index (κ3) is 3.99. The fourth-order valence-corrected chi connectivity index (χ4v) is 5.01. The minimum Gasteiger partial charge on any atom is -0.465 e. The fraction of sp³-hybridized carbons (Fsp3) is 0.462. The van der Waals surface area contributed by atoms with E-state index in [9.17, 15) is 9.90 Å². The predicted molar refractivity (Wildman–Crippen MR) is 133 cm³/mol. The van der Waals surface area contributed by atoms with Gasteiger partial charge in [0.1, 0.15) is 11.4 Å². The van der Waals surface area contributed by atoms with Crippen LogP contribution in [0.1, 0.15) is 65.6 Å². The SMILES string of the molecule is CC1(C)OB(c2ccc(-c3ccc4nc(C5(NC(=O)O)CCCCC5)[nH]c4c3)cc2)OC1(C)C. The number of aromatic nitrogens is 2. The largest absolute Gasteiger partial charge is 0.494 e. The van der Waals surface area contributed by atoms with E-state index in [1.54, 1.807) is 0 Å². The maximum absolute atomic E-state index is 11.5. The molecule has 3 N–H and O–H groups in total. The van der Waals surface area contributed by atoms with Crippen molar-refractivity contribution < 1.29 is 19.2 Å². The molecule has 0 atom stereocenters. The van der Waals surface area contributed by atoms with Crippen molar-refractivity contribution in [3.8, 4) is 11.1 Å². The number of nitrogens with zero attached hydrogens (tertiary/aromatic N) is 1. The molecule has 3 aromatic rings. The van der Waals surface area contributed by atoms with Crippen LogP contribution >= 0.6 is 0 Å². The number of amides is 1. The van der Waals surface area contributed by atoms with Crippen molar-refractivity contribution in [3.63, 3.8) is 0 Å². The van der Waals surface area contributed by atoms with Crippen LogP contribution in [0.15, 0.2) is 42.5 Å². The quantitative estimate of drug-likeness (QED) is 0.478. The van der Waals surface area contributed by atoms with Gasteiger partial charge in [-0.15, -0.1) is 0 Å². The average molecular weight is 461 g/mol. The summed E-state index contributed by atoms with van der Waals surface area (Å²) < 4.78 is 12.3. The molecular weight excluding hydrogens is 429 g/mol. The molecule has 5 rings (SSSR count). The summed E-state index contributed by atoms with van der Waals surface area (Å²) in [6.45, 7) is 8.22.